The number of hydrogen-bond donors (Lipinski definition) is 4. The second-order valence-corrected chi connectivity index (χ2v) is 9.73. The van der Waals surface area contributed by atoms with Gasteiger partial charge in [0.25, 0.3) is 5.91 Å². The molecule has 4 saturated carbocycles. The molecule has 0 radical (unpaired) electrons. The molecule has 0 spiro atoms. The average Bonchev–Trinajstić information content (AvgIpc) is 2.57. The summed E-state index contributed by atoms with van der Waals surface area (Å²) in [4.78, 5) is 24.7. The highest BCUT2D eigenvalue weighted by atomic mass is 16.3. The van der Waals surface area contributed by atoms with Crippen LogP contribution >= 0.6 is 0 Å². The Labute approximate surface area is 166 Å². The maximum absolute atomic E-state index is 12.6. The van der Waals surface area contributed by atoms with Crippen LogP contribution in [0.1, 0.15) is 62.7 Å². The quantitative estimate of drug-likeness (QED) is 0.627. The summed E-state index contributed by atoms with van der Waals surface area (Å²) < 4.78 is 0. The fourth-order valence-corrected chi connectivity index (χ4v) is 5.87. The van der Waals surface area contributed by atoms with Crippen LogP contribution in [0.5, 0.6) is 0 Å². The van der Waals surface area contributed by atoms with Crippen molar-refractivity contribution in [3.8, 4) is 0 Å². The molecule has 5 rings (SSSR count). The molecule has 4 aliphatic rings. The monoisotopic (exact) mass is 385 g/mol. The van der Waals surface area contributed by atoms with E-state index in [0.29, 0.717) is 42.0 Å². The summed E-state index contributed by atoms with van der Waals surface area (Å²) >= 11 is 0. The number of carbonyl (C=O) groups excluding carboxylic acids is 2. The maximum Gasteiger partial charge on any atom is 0.319 e. The van der Waals surface area contributed by atoms with Gasteiger partial charge in [0.1, 0.15) is 0 Å². The van der Waals surface area contributed by atoms with Gasteiger partial charge < -0.3 is 21.1 Å². The van der Waals surface area contributed by atoms with Crippen LogP contribution in [0.15, 0.2) is 24.3 Å². The number of rotatable bonds is 5. The van der Waals surface area contributed by atoms with Crippen LogP contribution in [0, 0.1) is 17.8 Å². The van der Waals surface area contributed by atoms with E-state index >= 15 is 0 Å². The first-order valence-electron chi connectivity index (χ1n) is 10.4. The van der Waals surface area contributed by atoms with Crippen molar-refractivity contribution < 1.29 is 14.7 Å². The van der Waals surface area contributed by atoms with Crippen molar-refractivity contribution in [3.63, 3.8) is 0 Å². The normalized spacial score (nSPS) is 33.0. The SMILES string of the molecule is CC(C)CNC(=O)c1ccc(NC(=O)NC23C[C@@H]4C[C@@H](CC(O)(C4)C2)C3)cc1. The molecular formula is C22H31N3O3. The molecule has 6 nitrogen and oxygen atoms in total. The number of hydrogen-bond acceptors (Lipinski definition) is 3. The van der Waals surface area contributed by atoms with Crippen LogP contribution in [0.2, 0.25) is 0 Å². The summed E-state index contributed by atoms with van der Waals surface area (Å²) in [6, 6.07) is 6.70. The van der Waals surface area contributed by atoms with Crippen LogP contribution in [0.4, 0.5) is 10.5 Å². The van der Waals surface area contributed by atoms with E-state index in [4.69, 9.17) is 0 Å². The minimum atomic E-state index is -0.595. The van der Waals surface area contributed by atoms with Gasteiger partial charge in [0.05, 0.1) is 5.60 Å². The van der Waals surface area contributed by atoms with Crippen molar-refractivity contribution >= 4 is 17.6 Å². The van der Waals surface area contributed by atoms with Gasteiger partial charge in [-0.3, -0.25) is 4.79 Å². The minimum Gasteiger partial charge on any atom is -0.390 e. The Hall–Kier alpha value is -2.08. The lowest BCUT2D eigenvalue weighted by atomic mass is 9.51. The molecular weight excluding hydrogens is 354 g/mol. The molecule has 0 saturated heterocycles. The highest BCUT2D eigenvalue weighted by Gasteiger charge is 2.57. The van der Waals surface area contributed by atoms with E-state index in [1.54, 1.807) is 24.3 Å². The molecule has 28 heavy (non-hydrogen) atoms. The van der Waals surface area contributed by atoms with Crippen LogP contribution in [0.25, 0.3) is 0 Å². The van der Waals surface area contributed by atoms with Crippen molar-refractivity contribution in [1.82, 2.24) is 10.6 Å². The van der Waals surface area contributed by atoms with Gasteiger partial charge in [-0.25, -0.2) is 4.79 Å². The standard InChI is InChI=1S/C22H31N3O3/c1-14(2)12-23-19(26)17-3-5-18(6-4-17)24-20(27)25-21-8-15-7-16(9-21)11-22(28,10-15)13-21/h3-6,14-16,28H,7-13H2,1-2H3,(H,23,26)(H2,24,25,27)/t15-,16+,21?,22?. The number of urea groups is 1. The first-order chi connectivity index (χ1) is 13.2. The molecule has 0 aromatic heterocycles. The Morgan fingerprint density at radius 3 is 2.32 bits per heavy atom. The molecule has 3 amide bonds. The Morgan fingerprint density at radius 2 is 1.75 bits per heavy atom. The van der Waals surface area contributed by atoms with E-state index in [9.17, 15) is 14.7 Å². The molecule has 4 atom stereocenters. The van der Waals surface area contributed by atoms with Gasteiger partial charge in [0.2, 0.25) is 0 Å². The summed E-state index contributed by atoms with van der Waals surface area (Å²) in [6.07, 6.45) is 5.55. The van der Waals surface area contributed by atoms with Crippen LogP contribution < -0.4 is 16.0 Å². The van der Waals surface area contributed by atoms with Gasteiger partial charge in [0, 0.05) is 23.3 Å². The Balaban J connectivity index is 1.35. The first-order valence-corrected chi connectivity index (χ1v) is 10.4. The van der Waals surface area contributed by atoms with Crippen molar-refractivity contribution in [2.45, 2.75) is 63.5 Å². The molecule has 4 bridgehead atoms. The third-order valence-electron chi connectivity index (χ3n) is 6.48. The summed E-state index contributed by atoms with van der Waals surface area (Å²) in [5.41, 5.74) is 0.360. The van der Waals surface area contributed by atoms with Crippen molar-refractivity contribution in [1.29, 1.82) is 0 Å². The molecule has 4 fully saturated rings. The van der Waals surface area contributed by atoms with E-state index in [0.717, 1.165) is 25.7 Å². The largest absolute Gasteiger partial charge is 0.390 e. The maximum atomic E-state index is 12.6. The van der Waals surface area contributed by atoms with Crippen LogP contribution in [0.3, 0.4) is 0 Å². The van der Waals surface area contributed by atoms with Gasteiger partial charge in [0.15, 0.2) is 0 Å². The van der Waals surface area contributed by atoms with Crippen molar-refractivity contribution in [3.05, 3.63) is 29.8 Å². The summed E-state index contributed by atoms with van der Waals surface area (Å²) in [5, 5.41) is 19.8. The van der Waals surface area contributed by atoms with Gasteiger partial charge in [-0.2, -0.15) is 0 Å². The predicted molar refractivity (Wildman–Crippen MR) is 108 cm³/mol. The van der Waals surface area contributed by atoms with E-state index in [-0.39, 0.29) is 17.5 Å². The summed E-state index contributed by atoms with van der Waals surface area (Å²) in [5.74, 6) is 1.34. The first kappa shape index (κ1) is 19.2. The lowest BCUT2D eigenvalue weighted by molar-refractivity contribution is -0.138. The number of anilines is 1. The molecule has 6 heteroatoms. The average molecular weight is 386 g/mol. The van der Waals surface area contributed by atoms with E-state index < -0.39 is 5.60 Å². The highest BCUT2D eigenvalue weighted by molar-refractivity contribution is 5.95. The Bertz CT molecular complexity index is 745. The van der Waals surface area contributed by atoms with Crippen molar-refractivity contribution in [2.24, 2.45) is 17.8 Å². The fraction of sp³-hybridized carbons (Fsp3) is 0.636. The van der Waals surface area contributed by atoms with E-state index in [1.165, 1.54) is 6.42 Å². The lowest BCUT2D eigenvalue weighted by Gasteiger charge is -2.60. The van der Waals surface area contributed by atoms with Gasteiger partial charge in [-0.1, -0.05) is 13.8 Å². The zero-order chi connectivity index (χ0) is 19.9. The van der Waals surface area contributed by atoms with Gasteiger partial charge >= 0.3 is 6.03 Å². The number of nitrogens with one attached hydrogen (secondary N) is 3. The lowest BCUT2D eigenvalue weighted by Crippen LogP contribution is -2.65. The predicted octanol–water partition coefficient (Wildman–Crippen LogP) is 3.28. The second kappa shape index (κ2) is 7.07. The fourth-order valence-electron chi connectivity index (χ4n) is 5.87. The van der Waals surface area contributed by atoms with Crippen LogP contribution in [-0.2, 0) is 0 Å². The van der Waals surface area contributed by atoms with Gasteiger partial charge in [-0.15, -0.1) is 0 Å². The highest BCUT2D eigenvalue weighted by Crippen LogP contribution is 2.57. The summed E-state index contributed by atoms with van der Waals surface area (Å²) in [6.45, 7) is 4.74. The van der Waals surface area contributed by atoms with E-state index in [1.807, 2.05) is 13.8 Å². The minimum absolute atomic E-state index is 0.105. The number of benzene rings is 1. The zero-order valence-electron chi connectivity index (χ0n) is 16.8. The molecule has 1 aromatic carbocycles. The third kappa shape index (κ3) is 4.02. The molecule has 4 N–H and O–H groups in total. The Morgan fingerprint density at radius 1 is 1.11 bits per heavy atom. The van der Waals surface area contributed by atoms with Crippen molar-refractivity contribution in [2.75, 3.05) is 11.9 Å². The molecule has 1 aromatic rings. The zero-order valence-corrected chi connectivity index (χ0v) is 16.8. The van der Waals surface area contributed by atoms with Gasteiger partial charge in [-0.05, 0) is 80.5 Å². The molecule has 0 heterocycles. The van der Waals surface area contributed by atoms with Crippen LogP contribution in [-0.4, -0.2) is 34.7 Å². The summed E-state index contributed by atoms with van der Waals surface area (Å²) in [7, 11) is 0. The molecule has 4 aliphatic carbocycles. The topological polar surface area (TPSA) is 90.5 Å². The Kier molecular flexibility index (Phi) is 4.86. The second-order valence-electron chi connectivity index (χ2n) is 9.73. The molecule has 152 valence electrons. The third-order valence-corrected chi connectivity index (χ3v) is 6.48. The number of carbonyl (C=O) groups is 2. The molecule has 0 aliphatic heterocycles. The smallest absolute Gasteiger partial charge is 0.319 e. The number of amides is 3. The van der Waals surface area contributed by atoms with E-state index in [2.05, 4.69) is 16.0 Å². The number of aliphatic hydroxyl groups is 1. The molecule has 2 unspecified atom stereocenters.